The van der Waals surface area contributed by atoms with Crippen LogP contribution in [0.25, 0.3) is 0 Å². The fourth-order valence-electron chi connectivity index (χ4n) is 4.47. The third kappa shape index (κ3) is 3.93. The van der Waals surface area contributed by atoms with Gasteiger partial charge in [0.05, 0.1) is 11.3 Å². The number of urea groups is 1. The first kappa shape index (κ1) is 22.2. The molecule has 4 amide bonds. The number of aliphatic hydroxyl groups is 1. The zero-order valence-electron chi connectivity index (χ0n) is 18.3. The Morgan fingerprint density at radius 3 is 2.43 bits per heavy atom. The van der Waals surface area contributed by atoms with Crippen molar-refractivity contribution in [3.05, 3.63) is 29.1 Å². The van der Waals surface area contributed by atoms with Gasteiger partial charge in [0.1, 0.15) is 5.54 Å². The zero-order valence-corrected chi connectivity index (χ0v) is 18.3. The Morgan fingerprint density at radius 2 is 1.87 bits per heavy atom. The standard InChI is InChI=1S/C22H32N4O4/c1-15(2)14-26-21(30)25(10-5-13-27)20(29)22(26)8-11-24(12-9-22)19(28)18-7-6-16(3)23-17(18)4/h6-7,15,27H,5,8-14H2,1-4H3. The summed E-state index contributed by atoms with van der Waals surface area (Å²) in [7, 11) is 0. The zero-order chi connectivity index (χ0) is 22.1. The number of amides is 4. The van der Waals surface area contributed by atoms with Crippen LogP contribution in [0, 0.1) is 19.8 Å². The molecule has 1 aromatic heterocycles. The molecule has 3 heterocycles. The van der Waals surface area contributed by atoms with Crippen LogP contribution in [0.5, 0.6) is 0 Å². The summed E-state index contributed by atoms with van der Waals surface area (Å²) in [5.41, 5.74) is 1.25. The summed E-state index contributed by atoms with van der Waals surface area (Å²) in [6, 6.07) is 3.35. The Hall–Kier alpha value is -2.48. The van der Waals surface area contributed by atoms with Gasteiger partial charge in [0.2, 0.25) is 0 Å². The SMILES string of the molecule is Cc1ccc(C(=O)N2CCC3(CC2)C(=O)N(CCCO)C(=O)N3CC(C)C)c(C)n1. The Kier molecular flexibility index (Phi) is 6.45. The first-order valence-corrected chi connectivity index (χ1v) is 10.7. The fraction of sp³-hybridized carbons (Fsp3) is 0.636. The fourth-order valence-corrected chi connectivity index (χ4v) is 4.47. The van der Waals surface area contributed by atoms with Crippen molar-refractivity contribution < 1.29 is 19.5 Å². The molecule has 2 aliphatic rings. The quantitative estimate of drug-likeness (QED) is 0.716. The van der Waals surface area contributed by atoms with Gasteiger partial charge >= 0.3 is 6.03 Å². The number of carbonyl (C=O) groups excluding carboxylic acids is 3. The van der Waals surface area contributed by atoms with Crippen LogP contribution in [-0.2, 0) is 4.79 Å². The van der Waals surface area contributed by atoms with Gasteiger partial charge < -0.3 is 14.9 Å². The van der Waals surface area contributed by atoms with Crippen LogP contribution in [0.4, 0.5) is 4.79 Å². The predicted molar refractivity (Wildman–Crippen MR) is 112 cm³/mol. The Morgan fingerprint density at radius 1 is 1.20 bits per heavy atom. The maximum absolute atomic E-state index is 13.3. The van der Waals surface area contributed by atoms with E-state index in [-0.39, 0.29) is 36.9 Å². The maximum Gasteiger partial charge on any atom is 0.327 e. The molecule has 0 bridgehead atoms. The van der Waals surface area contributed by atoms with E-state index in [2.05, 4.69) is 4.98 Å². The monoisotopic (exact) mass is 416 g/mol. The molecule has 8 nitrogen and oxygen atoms in total. The highest BCUT2D eigenvalue weighted by Crippen LogP contribution is 2.38. The number of likely N-dealkylation sites (tertiary alicyclic amines) is 1. The van der Waals surface area contributed by atoms with Crippen molar-refractivity contribution >= 4 is 17.8 Å². The number of aliphatic hydroxyl groups excluding tert-OH is 1. The molecule has 3 rings (SSSR count). The molecule has 1 spiro atoms. The molecule has 0 radical (unpaired) electrons. The van der Waals surface area contributed by atoms with E-state index in [1.165, 1.54) is 4.90 Å². The van der Waals surface area contributed by atoms with Crippen molar-refractivity contribution in [2.75, 3.05) is 32.8 Å². The van der Waals surface area contributed by atoms with Crippen LogP contribution >= 0.6 is 0 Å². The maximum atomic E-state index is 13.3. The summed E-state index contributed by atoms with van der Waals surface area (Å²) in [6.07, 6.45) is 1.21. The van der Waals surface area contributed by atoms with Gasteiger partial charge in [-0.05, 0) is 51.2 Å². The number of imide groups is 1. The number of rotatable bonds is 6. The second-order valence-corrected chi connectivity index (χ2v) is 8.73. The normalized spacial score (nSPS) is 18.8. The van der Waals surface area contributed by atoms with Crippen molar-refractivity contribution in [3.63, 3.8) is 0 Å². The molecule has 1 aromatic rings. The number of nitrogens with zero attached hydrogens (tertiary/aromatic N) is 4. The second kappa shape index (κ2) is 8.71. The third-order valence-corrected chi connectivity index (χ3v) is 6.04. The molecule has 0 aliphatic carbocycles. The lowest BCUT2D eigenvalue weighted by atomic mass is 9.85. The molecular weight excluding hydrogens is 384 g/mol. The number of hydrogen-bond acceptors (Lipinski definition) is 5. The van der Waals surface area contributed by atoms with E-state index in [1.54, 1.807) is 15.9 Å². The highest BCUT2D eigenvalue weighted by atomic mass is 16.3. The minimum Gasteiger partial charge on any atom is -0.396 e. The molecular formula is C22H32N4O4. The number of aryl methyl sites for hydroxylation is 2. The van der Waals surface area contributed by atoms with E-state index in [0.29, 0.717) is 50.2 Å². The minimum absolute atomic E-state index is 0.0690. The summed E-state index contributed by atoms with van der Waals surface area (Å²) in [6.45, 7) is 9.23. The van der Waals surface area contributed by atoms with Gasteiger partial charge in [0, 0.05) is 38.5 Å². The van der Waals surface area contributed by atoms with Crippen molar-refractivity contribution in [2.45, 2.75) is 52.5 Å². The lowest BCUT2D eigenvalue weighted by molar-refractivity contribution is -0.135. The highest BCUT2D eigenvalue weighted by Gasteiger charge is 2.58. The summed E-state index contributed by atoms with van der Waals surface area (Å²) in [5, 5.41) is 9.14. The van der Waals surface area contributed by atoms with Crippen LogP contribution in [0.1, 0.15) is 54.9 Å². The van der Waals surface area contributed by atoms with E-state index in [9.17, 15) is 14.4 Å². The van der Waals surface area contributed by atoms with Crippen LogP contribution in [-0.4, -0.2) is 81.0 Å². The number of carbonyl (C=O) groups is 3. The first-order valence-electron chi connectivity index (χ1n) is 10.7. The Bertz CT molecular complexity index is 830. The number of hydrogen-bond donors (Lipinski definition) is 1. The molecule has 8 heteroatoms. The van der Waals surface area contributed by atoms with Crippen molar-refractivity contribution in [1.29, 1.82) is 0 Å². The molecule has 2 fully saturated rings. The van der Waals surface area contributed by atoms with Crippen LogP contribution in [0.3, 0.4) is 0 Å². The van der Waals surface area contributed by atoms with Gasteiger partial charge in [0.15, 0.2) is 0 Å². The van der Waals surface area contributed by atoms with Crippen LogP contribution < -0.4 is 0 Å². The van der Waals surface area contributed by atoms with Gasteiger partial charge in [-0.15, -0.1) is 0 Å². The molecule has 1 N–H and O–H groups in total. The van der Waals surface area contributed by atoms with Gasteiger partial charge in [0.25, 0.3) is 11.8 Å². The van der Waals surface area contributed by atoms with Crippen LogP contribution in [0.2, 0.25) is 0 Å². The molecule has 0 atom stereocenters. The summed E-state index contributed by atoms with van der Waals surface area (Å²) < 4.78 is 0. The number of piperidine rings is 1. The van der Waals surface area contributed by atoms with Gasteiger partial charge in [-0.1, -0.05) is 13.8 Å². The van der Waals surface area contributed by atoms with E-state index >= 15 is 0 Å². The van der Waals surface area contributed by atoms with Gasteiger partial charge in [-0.25, -0.2) is 4.79 Å². The predicted octanol–water partition coefficient (Wildman–Crippen LogP) is 1.98. The van der Waals surface area contributed by atoms with Gasteiger partial charge in [-0.3, -0.25) is 19.5 Å². The Labute approximate surface area is 177 Å². The average molecular weight is 417 g/mol. The minimum atomic E-state index is -0.895. The topological polar surface area (TPSA) is 94.1 Å². The lowest BCUT2D eigenvalue weighted by Gasteiger charge is -2.42. The Balaban J connectivity index is 1.80. The van der Waals surface area contributed by atoms with E-state index in [4.69, 9.17) is 5.11 Å². The first-order chi connectivity index (χ1) is 14.2. The number of pyridine rings is 1. The van der Waals surface area contributed by atoms with E-state index in [1.807, 2.05) is 33.8 Å². The summed E-state index contributed by atoms with van der Waals surface area (Å²) in [4.78, 5) is 48.5. The van der Waals surface area contributed by atoms with E-state index < -0.39 is 5.54 Å². The van der Waals surface area contributed by atoms with Crippen molar-refractivity contribution in [2.24, 2.45) is 5.92 Å². The average Bonchev–Trinajstić information content (AvgIpc) is 2.88. The van der Waals surface area contributed by atoms with Crippen molar-refractivity contribution in [1.82, 2.24) is 19.7 Å². The second-order valence-electron chi connectivity index (χ2n) is 8.73. The van der Waals surface area contributed by atoms with Crippen LogP contribution in [0.15, 0.2) is 12.1 Å². The number of aromatic nitrogens is 1. The largest absolute Gasteiger partial charge is 0.396 e. The molecule has 0 aromatic carbocycles. The summed E-state index contributed by atoms with van der Waals surface area (Å²) in [5.74, 6) is -0.0570. The third-order valence-electron chi connectivity index (χ3n) is 6.04. The van der Waals surface area contributed by atoms with Gasteiger partial charge in [-0.2, -0.15) is 0 Å². The summed E-state index contributed by atoms with van der Waals surface area (Å²) >= 11 is 0. The molecule has 30 heavy (non-hydrogen) atoms. The molecule has 0 saturated carbocycles. The molecule has 2 aliphatic heterocycles. The highest BCUT2D eigenvalue weighted by molar-refractivity contribution is 6.07. The molecule has 2 saturated heterocycles. The lowest BCUT2D eigenvalue weighted by Crippen LogP contribution is -2.58. The molecule has 0 unspecified atom stereocenters. The van der Waals surface area contributed by atoms with E-state index in [0.717, 1.165) is 5.69 Å². The molecule has 164 valence electrons. The smallest absolute Gasteiger partial charge is 0.327 e. The van der Waals surface area contributed by atoms with Crippen molar-refractivity contribution in [3.8, 4) is 0 Å².